The van der Waals surface area contributed by atoms with Crippen LogP contribution in [-0.4, -0.2) is 21.0 Å². The number of nitrogens with one attached hydrogen (secondary N) is 1. The van der Waals surface area contributed by atoms with E-state index in [1.54, 1.807) is 6.92 Å². The minimum atomic E-state index is -1.06. The molecule has 0 aliphatic carbocycles. The van der Waals surface area contributed by atoms with Gasteiger partial charge >= 0.3 is 5.97 Å². The number of aromatic nitrogens is 2. The molecule has 0 aliphatic rings. The maximum Gasteiger partial charge on any atom is 0.354 e. The normalized spacial score (nSPS) is 10.3. The van der Waals surface area contributed by atoms with E-state index in [0.717, 1.165) is 16.8 Å². The van der Waals surface area contributed by atoms with Gasteiger partial charge in [0.15, 0.2) is 5.69 Å². The highest BCUT2D eigenvalue weighted by molar-refractivity contribution is 5.85. The SMILES string of the molecule is Cc1ccc(C)c(Nc2nc(C)cc(C(=O)O)n2)c1. The molecule has 0 spiro atoms. The van der Waals surface area contributed by atoms with Gasteiger partial charge in [-0.05, 0) is 44.0 Å². The fourth-order valence-electron chi connectivity index (χ4n) is 1.72. The smallest absolute Gasteiger partial charge is 0.354 e. The van der Waals surface area contributed by atoms with Crippen molar-refractivity contribution in [2.45, 2.75) is 20.8 Å². The number of benzene rings is 1. The van der Waals surface area contributed by atoms with Crippen molar-refractivity contribution >= 4 is 17.6 Å². The summed E-state index contributed by atoms with van der Waals surface area (Å²) in [6.07, 6.45) is 0. The quantitative estimate of drug-likeness (QED) is 0.884. The Hall–Kier alpha value is -2.43. The summed E-state index contributed by atoms with van der Waals surface area (Å²) in [5, 5.41) is 12.0. The van der Waals surface area contributed by atoms with Crippen LogP contribution in [0, 0.1) is 20.8 Å². The lowest BCUT2D eigenvalue weighted by Crippen LogP contribution is -2.07. The number of aromatic carboxylic acids is 1. The molecule has 5 nitrogen and oxygen atoms in total. The maximum absolute atomic E-state index is 11.0. The summed E-state index contributed by atoms with van der Waals surface area (Å²) in [5.74, 6) is -0.763. The van der Waals surface area contributed by atoms with Crippen LogP contribution in [0.2, 0.25) is 0 Å². The summed E-state index contributed by atoms with van der Waals surface area (Å²) >= 11 is 0. The minimum Gasteiger partial charge on any atom is -0.477 e. The first-order valence-electron chi connectivity index (χ1n) is 5.89. The third-order valence-electron chi connectivity index (χ3n) is 2.71. The Kier molecular flexibility index (Phi) is 3.46. The lowest BCUT2D eigenvalue weighted by atomic mass is 10.1. The molecular formula is C14H15N3O2. The highest BCUT2D eigenvalue weighted by atomic mass is 16.4. The van der Waals surface area contributed by atoms with E-state index in [-0.39, 0.29) is 5.69 Å². The van der Waals surface area contributed by atoms with Crippen LogP contribution in [0.4, 0.5) is 11.6 Å². The number of anilines is 2. The minimum absolute atomic E-state index is 0.0136. The Morgan fingerprint density at radius 3 is 2.58 bits per heavy atom. The highest BCUT2D eigenvalue weighted by Gasteiger charge is 2.09. The molecule has 0 fully saturated rings. The van der Waals surface area contributed by atoms with E-state index >= 15 is 0 Å². The molecule has 19 heavy (non-hydrogen) atoms. The van der Waals surface area contributed by atoms with Gasteiger partial charge in [-0.2, -0.15) is 0 Å². The Morgan fingerprint density at radius 2 is 1.89 bits per heavy atom. The van der Waals surface area contributed by atoms with Crippen LogP contribution in [0.1, 0.15) is 27.3 Å². The first kappa shape index (κ1) is 13.0. The molecule has 1 heterocycles. The predicted octanol–water partition coefficient (Wildman–Crippen LogP) is 2.84. The van der Waals surface area contributed by atoms with Gasteiger partial charge in [0.1, 0.15) is 0 Å². The highest BCUT2D eigenvalue weighted by Crippen LogP contribution is 2.20. The maximum atomic E-state index is 11.0. The molecule has 0 unspecified atom stereocenters. The van der Waals surface area contributed by atoms with Crippen molar-refractivity contribution in [2.75, 3.05) is 5.32 Å². The van der Waals surface area contributed by atoms with Crippen LogP contribution in [-0.2, 0) is 0 Å². The van der Waals surface area contributed by atoms with Crippen molar-refractivity contribution in [2.24, 2.45) is 0 Å². The van der Waals surface area contributed by atoms with Gasteiger partial charge in [0.25, 0.3) is 0 Å². The third-order valence-corrected chi connectivity index (χ3v) is 2.71. The van der Waals surface area contributed by atoms with E-state index in [0.29, 0.717) is 11.6 Å². The molecule has 0 aliphatic heterocycles. The number of hydrogen-bond donors (Lipinski definition) is 2. The fraction of sp³-hybridized carbons (Fsp3) is 0.214. The molecule has 0 amide bonds. The van der Waals surface area contributed by atoms with Gasteiger partial charge in [-0.25, -0.2) is 14.8 Å². The zero-order chi connectivity index (χ0) is 14.0. The number of carboxylic acids is 1. The first-order chi connectivity index (χ1) is 8.95. The van der Waals surface area contributed by atoms with Crippen LogP contribution in [0.25, 0.3) is 0 Å². The third kappa shape index (κ3) is 3.07. The summed E-state index contributed by atoms with van der Waals surface area (Å²) in [4.78, 5) is 19.1. The summed E-state index contributed by atoms with van der Waals surface area (Å²) in [6, 6.07) is 7.42. The van der Waals surface area contributed by atoms with Gasteiger partial charge in [-0.15, -0.1) is 0 Å². The van der Waals surface area contributed by atoms with E-state index in [9.17, 15) is 4.79 Å². The summed E-state index contributed by atoms with van der Waals surface area (Å²) in [6.45, 7) is 5.70. The second kappa shape index (κ2) is 5.06. The van der Waals surface area contributed by atoms with Crippen molar-refractivity contribution in [3.8, 4) is 0 Å². The zero-order valence-electron chi connectivity index (χ0n) is 11.1. The molecule has 0 saturated heterocycles. The van der Waals surface area contributed by atoms with Crippen LogP contribution in [0.3, 0.4) is 0 Å². The van der Waals surface area contributed by atoms with Crippen LogP contribution >= 0.6 is 0 Å². The lowest BCUT2D eigenvalue weighted by molar-refractivity contribution is 0.0690. The van der Waals surface area contributed by atoms with Gasteiger partial charge in [-0.1, -0.05) is 12.1 Å². The molecule has 1 aromatic heterocycles. The largest absolute Gasteiger partial charge is 0.477 e. The molecule has 0 radical (unpaired) electrons. The van der Waals surface area contributed by atoms with Crippen molar-refractivity contribution in [3.05, 3.63) is 46.8 Å². The summed E-state index contributed by atoms with van der Waals surface area (Å²) in [7, 11) is 0. The molecule has 2 N–H and O–H groups in total. The van der Waals surface area contributed by atoms with E-state index < -0.39 is 5.97 Å². The Bertz CT molecular complexity index is 639. The molecule has 0 atom stereocenters. The predicted molar refractivity (Wildman–Crippen MR) is 72.9 cm³/mol. The van der Waals surface area contributed by atoms with E-state index in [4.69, 9.17) is 5.11 Å². The van der Waals surface area contributed by atoms with Crippen molar-refractivity contribution in [1.29, 1.82) is 0 Å². The molecule has 5 heteroatoms. The number of hydrogen-bond acceptors (Lipinski definition) is 4. The Balaban J connectivity index is 2.38. The van der Waals surface area contributed by atoms with Crippen molar-refractivity contribution in [1.82, 2.24) is 9.97 Å². The average Bonchev–Trinajstić information content (AvgIpc) is 2.33. The van der Waals surface area contributed by atoms with Crippen LogP contribution in [0.15, 0.2) is 24.3 Å². The molecule has 1 aromatic carbocycles. The number of aryl methyl sites for hydroxylation is 3. The molecule has 2 rings (SSSR count). The topological polar surface area (TPSA) is 75.1 Å². The number of nitrogens with zero attached hydrogens (tertiary/aromatic N) is 2. The Labute approximate surface area is 111 Å². The molecule has 0 bridgehead atoms. The molecular weight excluding hydrogens is 242 g/mol. The Morgan fingerprint density at radius 1 is 1.16 bits per heavy atom. The van der Waals surface area contributed by atoms with Gasteiger partial charge in [0.2, 0.25) is 5.95 Å². The van der Waals surface area contributed by atoms with E-state index in [1.807, 2.05) is 32.0 Å². The van der Waals surface area contributed by atoms with Crippen molar-refractivity contribution < 1.29 is 9.90 Å². The lowest BCUT2D eigenvalue weighted by Gasteiger charge is -2.10. The first-order valence-corrected chi connectivity index (χ1v) is 5.89. The second-order valence-corrected chi connectivity index (χ2v) is 4.47. The molecule has 2 aromatic rings. The van der Waals surface area contributed by atoms with Crippen LogP contribution in [0.5, 0.6) is 0 Å². The molecule has 0 saturated carbocycles. The van der Waals surface area contributed by atoms with Crippen molar-refractivity contribution in [3.63, 3.8) is 0 Å². The van der Waals surface area contributed by atoms with E-state index in [2.05, 4.69) is 15.3 Å². The van der Waals surface area contributed by atoms with Crippen LogP contribution < -0.4 is 5.32 Å². The fourth-order valence-corrected chi connectivity index (χ4v) is 1.72. The number of rotatable bonds is 3. The van der Waals surface area contributed by atoms with E-state index in [1.165, 1.54) is 6.07 Å². The number of carboxylic acid groups (broad SMARTS) is 1. The van der Waals surface area contributed by atoms with Gasteiger partial charge < -0.3 is 10.4 Å². The molecule has 98 valence electrons. The zero-order valence-corrected chi connectivity index (χ0v) is 11.1. The summed E-state index contributed by atoms with van der Waals surface area (Å²) < 4.78 is 0. The van der Waals surface area contributed by atoms with Gasteiger partial charge in [0, 0.05) is 11.4 Å². The monoisotopic (exact) mass is 257 g/mol. The average molecular weight is 257 g/mol. The van der Waals surface area contributed by atoms with Gasteiger partial charge in [0.05, 0.1) is 0 Å². The summed E-state index contributed by atoms with van der Waals surface area (Å²) in [5.41, 5.74) is 3.63. The number of carbonyl (C=O) groups is 1. The standard InChI is InChI=1S/C14H15N3O2/c1-8-4-5-9(2)11(6-8)16-14-15-10(3)7-12(17-14)13(18)19/h4-7H,1-3H3,(H,18,19)(H,15,16,17). The second-order valence-electron chi connectivity index (χ2n) is 4.47. The van der Waals surface area contributed by atoms with Gasteiger partial charge in [-0.3, -0.25) is 0 Å².